The van der Waals surface area contributed by atoms with Crippen LogP contribution >= 0.6 is 0 Å². The van der Waals surface area contributed by atoms with E-state index < -0.39 is 0 Å². The molecule has 0 amide bonds. The van der Waals surface area contributed by atoms with E-state index in [1.165, 1.54) is 5.39 Å². The molecule has 0 atom stereocenters. The van der Waals surface area contributed by atoms with Gasteiger partial charge in [0.1, 0.15) is 6.73 Å². The molecule has 14 heavy (non-hydrogen) atoms. The number of hydrogen-bond donors (Lipinski definition) is 1. The van der Waals surface area contributed by atoms with Crippen LogP contribution in [0.1, 0.15) is 0 Å². The first-order valence-corrected chi connectivity index (χ1v) is 4.61. The van der Waals surface area contributed by atoms with Crippen LogP contribution in [0.15, 0.2) is 30.3 Å². The summed E-state index contributed by atoms with van der Waals surface area (Å²) in [5, 5.41) is 1.18. The molecule has 0 radical (unpaired) electrons. The molecule has 0 aliphatic carbocycles. The fourth-order valence-electron chi connectivity index (χ4n) is 1.32. The Morgan fingerprint density at radius 1 is 1.29 bits per heavy atom. The minimum Gasteiger partial charge on any atom is -0.463 e. The first kappa shape index (κ1) is 9.09. The van der Waals surface area contributed by atoms with E-state index in [-0.39, 0.29) is 0 Å². The van der Waals surface area contributed by atoms with Crippen LogP contribution in [0.5, 0.6) is 5.88 Å². The highest BCUT2D eigenvalue weighted by Crippen LogP contribution is 2.19. The van der Waals surface area contributed by atoms with E-state index in [9.17, 15) is 0 Å². The molecule has 0 spiro atoms. The van der Waals surface area contributed by atoms with Crippen molar-refractivity contribution in [1.82, 2.24) is 9.88 Å². The molecule has 3 heteroatoms. The summed E-state index contributed by atoms with van der Waals surface area (Å²) in [5.74, 6) is 0.819. The SMILES string of the molecule is CN(C)COc1cc2ccccc2[nH]1. The van der Waals surface area contributed by atoms with Crippen molar-refractivity contribution >= 4 is 10.9 Å². The van der Waals surface area contributed by atoms with Gasteiger partial charge in [-0.05, 0) is 20.2 Å². The van der Waals surface area contributed by atoms with Gasteiger partial charge in [0.2, 0.25) is 0 Å². The number of nitrogens with zero attached hydrogens (tertiary/aromatic N) is 1. The summed E-state index contributed by atoms with van der Waals surface area (Å²) >= 11 is 0. The zero-order valence-corrected chi connectivity index (χ0v) is 8.45. The van der Waals surface area contributed by atoms with Crippen LogP contribution in [0.4, 0.5) is 0 Å². The molecule has 74 valence electrons. The van der Waals surface area contributed by atoms with Gasteiger partial charge in [0.05, 0.1) is 0 Å². The molecule has 0 saturated heterocycles. The minimum absolute atomic E-state index is 0.590. The van der Waals surface area contributed by atoms with Crippen LogP contribution in [0.2, 0.25) is 0 Å². The van der Waals surface area contributed by atoms with E-state index in [0.29, 0.717) is 6.73 Å². The predicted octanol–water partition coefficient (Wildman–Crippen LogP) is 2.07. The molecule has 1 aromatic heterocycles. The average molecular weight is 190 g/mol. The molecule has 0 aliphatic heterocycles. The third kappa shape index (κ3) is 1.88. The molecule has 1 N–H and O–H groups in total. The van der Waals surface area contributed by atoms with Crippen molar-refractivity contribution in [3.05, 3.63) is 30.3 Å². The van der Waals surface area contributed by atoms with E-state index in [2.05, 4.69) is 11.1 Å². The zero-order valence-electron chi connectivity index (χ0n) is 8.45. The number of aromatic amines is 1. The van der Waals surface area contributed by atoms with Crippen molar-refractivity contribution in [1.29, 1.82) is 0 Å². The lowest BCUT2D eigenvalue weighted by atomic mass is 10.3. The number of H-pyrrole nitrogens is 1. The van der Waals surface area contributed by atoms with Crippen LogP contribution in [-0.4, -0.2) is 30.7 Å². The van der Waals surface area contributed by atoms with Crippen LogP contribution in [0.25, 0.3) is 10.9 Å². The van der Waals surface area contributed by atoms with Crippen molar-refractivity contribution in [2.24, 2.45) is 0 Å². The van der Waals surface area contributed by atoms with Gasteiger partial charge in [0, 0.05) is 17.0 Å². The van der Waals surface area contributed by atoms with Gasteiger partial charge in [-0.2, -0.15) is 0 Å². The lowest BCUT2D eigenvalue weighted by molar-refractivity contribution is 0.174. The molecule has 0 aliphatic rings. The lowest BCUT2D eigenvalue weighted by Crippen LogP contribution is -2.18. The minimum atomic E-state index is 0.590. The fourth-order valence-corrected chi connectivity index (χ4v) is 1.32. The molecule has 0 unspecified atom stereocenters. The maximum absolute atomic E-state index is 5.52. The summed E-state index contributed by atoms with van der Waals surface area (Å²) < 4.78 is 5.52. The monoisotopic (exact) mass is 190 g/mol. The normalized spacial score (nSPS) is 11.1. The third-order valence-corrected chi connectivity index (χ3v) is 1.98. The van der Waals surface area contributed by atoms with E-state index in [1.54, 1.807) is 0 Å². The van der Waals surface area contributed by atoms with Crippen LogP contribution in [0.3, 0.4) is 0 Å². The largest absolute Gasteiger partial charge is 0.463 e. The Hall–Kier alpha value is -1.48. The Balaban J connectivity index is 2.19. The Labute approximate surface area is 83.3 Å². The molecule has 0 bridgehead atoms. The van der Waals surface area contributed by atoms with Gasteiger partial charge in [-0.15, -0.1) is 0 Å². The van der Waals surface area contributed by atoms with Crippen molar-refractivity contribution < 1.29 is 4.74 Å². The maximum atomic E-state index is 5.52. The van der Waals surface area contributed by atoms with Gasteiger partial charge in [-0.3, -0.25) is 4.90 Å². The molecule has 1 aromatic carbocycles. The lowest BCUT2D eigenvalue weighted by Gasteiger charge is -2.09. The van der Waals surface area contributed by atoms with Crippen LogP contribution < -0.4 is 4.74 Å². The number of aromatic nitrogens is 1. The number of benzene rings is 1. The number of ether oxygens (including phenoxy) is 1. The van der Waals surface area contributed by atoms with Crippen LogP contribution in [0, 0.1) is 0 Å². The molecular weight excluding hydrogens is 176 g/mol. The third-order valence-electron chi connectivity index (χ3n) is 1.98. The Kier molecular flexibility index (Phi) is 2.41. The smallest absolute Gasteiger partial charge is 0.193 e. The summed E-state index contributed by atoms with van der Waals surface area (Å²) in [5.41, 5.74) is 1.11. The van der Waals surface area contributed by atoms with Crippen molar-refractivity contribution in [2.45, 2.75) is 0 Å². The topological polar surface area (TPSA) is 28.3 Å². The second-order valence-electron chi connectivity index (χ2n) is 3.57. The van der Waals surface area contributed by atoms with Crippen molar-refractivity contribution in [3.8, 4) is 5.88 Å². The molecule has 2 aromatic rings. The predicted molar refractivity (Wildman–Crippen MR) is 57.5 cm³/mol. The Morgan fingerprint density at radius 2 is 2.07 bits per heavy atom. The highest BCUT2D eigenvalue weighted by molar-refractivity contribution is 5.81. The van der Waals surface area contributed by atoms with Gasteiger partial charge in [0.15, 0.2) is 5.88 Å². The first-order chi connectivity index (χ1) is 6.75. The zero-order chi connectivity index (χ0) is 9.97. The fraction of sp³-hybridized carbons (Fsp3) is 0.273. The van der Waals surface area contributed by atoms with Crippen LogP contribution in [-0.2, 0) is 0 Å². The quantitative estimate of drug-likeness (QED) is 0.750. The highest BCUT2D eigenvalue weighted by atomic mass is 16.5. The van der Waals surface area contributed by atoms with Gasteiger partial charge >= 0.3 is 0 Å². The van der Waals surface area contributed by atoms with E-state index in [4.69, 9.17) is 4.74 Å². The number of fused-ring (bicyclic) bond motifs is 1. The summed E-state index contributed by atoms with van der Waals surface area (Å²) in [6.07, 6.45) is 0. The average Bonchev–Trinajstić information content (AvgIpc) is 2.57. The van der Waals surface area contributed by atoms with E-state index in [0.717, 1.165) is 11.4 Å². The number of hydrogen-bond acceptors (Lipinski definition) is 2. The molecule has 3 nitrogen and oxygen atoms in total. The molecule has 0 fully saturated rings. The van der Waals surface area contributed by atoms with E-state index >= 15 is 0 Å². The van der Waals surface area contributed by atoms with Crippen molar-refractivity contribution in [2.75, 3.05) is 20.8 Å². The molecule has 2 rings (SSSR count). The van der Waals surface area contributed by atoms with Gasteiger partial charge < -0.3 is 9.72 Å². The second-order valence-corrected chi connectivity index (χ2v) is 3.57. The standard InChI is InChI=1S/C11H14N2O/c1-13(2)8-14-11-7-9-5-3-4-6-10(9)12-11/h3-7,12H,8H2,1-2H3. The van der Waals surface area contributed by atoms with Gasteiger partial charge in [-0.25, -0.2) is 0 Å². The summed E-state index contributed by atoms with van der Waals surface area (Å²) in [4.78, 5) is 5.18. The molecular formula is C11H14N2O. The number of nitrogens with one attached hydrogen (secondary N) is 1. The molecule has 0 saturated carbocycles. The maximum Gasteiger partial charge on any atom is 0.193 e. The Morgan fingerprint density at radius 3 is 2.79 bits per heavy atom. The summed E-state index contributed by atoms with van der Waals surface area (Å²) in [7, 11) is 3.95. The first-order valence-electron chi connectivity index (χ1n) is 4.61. The summed E-state index contributed by atoms with van der Waals surface area (Å²) in [6, 6.07) is 10.1. The summed E-state index contributed by atoms with van der Waals surface area (Å²) in [6.45, 7) is 0.590. The number of rotatable bonds is 3. The van der Waals surface area contributed by atoms with E-state index in [1.807, 2.05) is 43.3 Å². The second kappa shape index (κ2) is 3.72. The highest BCUT2D eigenvalue weighted by Gasteiger charge is 2.00. The Bertz CT molecular complexity index is 387. The van der Waals surface area contributed by atoms with Gasteiger partial charge in [0.25, 0.3) is 0 Å². The van der Waals surface area contributed by atoms with Crippen molar-refractivity contribution in [3.63, 3.8) is 0 Å². The van der Waals surface area contributed by atoms with Gasteiger partial charge in [-0.1, -0.05) is 18.2 Å². The molecule has 1 heterocycles. The number of para-hydroxylation sites is 1.